The van der Waals surface area contributed by atoms with E-state index in [2.05, 4.69) is 9.17 Å². The van der Waals surface area contributed by atoms with E-state index >= 15 is 0 Å². The largest absolute Gasteiger partial charge is 0.421 e. The minimum Gasteiger partial charge on any atom is -0.358 e. The summed E-state index contributed by atoms with van der Waals surface area (Å²) < 4.78 is 79.2. The molecule has 0 atom stereocenters. The Morgan fingerprint density at radius 2 is 1.81 bits per heavy atom. The van der Waals surface area contributed by atoms with E-state index in [0.717, 1.165) is 30.5 Å². The standard InChI is InChI=1S/C12H7F4NO3S/c13-8-3-1-4-9(7-8)21(18,19)20-11-10(12(14,15)16)5-2-6-17-11/h1-7H. The summed E-state index contributed by atoms with van der Waals surface area (Å²) in [5, 5.41) is 0. The molecule has 1 aromatic heterocycles. The summed E-state index contributed by atoms with van der Waals surface area (Å²) in [7, 11) is -4.62. The van der Waals surface area contributed by atoms with Crippen molar-refractivity contribution in [2.24, 2.45) is 0 Å². The molecule has 1 heterocycles. The Hall–Kier alpha value is -2.16. The minimum absolute atomic E-state index is 0.610. The van der Waals surface area contributed by atoms with Crippen molar-refractivity contribution in [2.75, 3.05) is 0 Å². The summed E-state index contributed by atoms with van der Waals surface area (Å²) in [5.41, 5.74) is -1.34. The van der Waals surface area contributed by atoms with Crippen molar-refractivity contribution < 1.29 is 30.2 Å². The number of rotatable bonds is 3. The Labute approximate surface area is 117 Å². The van der Waals surface area contributed by atoms with Gasteiger partial charge >= 0.3 is 16.3 Å². The van der Waals surface area contributed by atoms with Gasteiger partial charge < -0.3 is 4.18 Å². The third-order valence-electron chi connectivity index (χ3n) is 2.35. The molecule has 112 valence electrons. The van der Waals surface area contributed by atoms with Crippen LogP contribution in [-0.2, 0) is 16.3 Å². The molecule has 21 heavy (non-hydrogen) atoms. The van der Waals surface area contributed by atoms with Crippen LogP contribution in [0.2, 0.25) is 0 Å². The smallest absolute Gasteiger partial charge is 0.358 e. The quantitative estimate of drug-likeness (QED) is 0.644. The molecule has 0 saturated carbocycles. The maximum absolute atomic E-state index is 13.0. The SMILES string of the molecule is O=S(=O)(Oc1ncccc1C(F)(F)F)c1cccc(F)c1. The number of pyridine rings is 1. The molecule has 1 aromatic carbocycles. The van der Waals surface area contributed by atoms with Crippen molar-refractivity contribution in [2.45, 2.75) is 11.1 Å². The van der Waals surface area contributed by atoms with E-state index < -0.39 is 38.5 Å². The summed E-state index contributed by atoms with van der Waals surface area (Å²) in [6.45, 7) is 0. The molecule has 0 aliphatic rings. The van der Waals surface area contributed by atoms with Gasteiger partial charge in [0.15, 0.2) is 0 Å². The van der Waals surface area contributed by atoms with Gasteiger partial charge in [-0.15, -0.1) is 0 Å². The summed E-state index contributed by atoms with van der Waals surface area (Å²) >= 11 is 0. The van der Waals surface area contributed by atoms with Crippen molar-refractivity contribution >= 4 is 10.1 Å². The summed E-state index contributed by atoms with van der Waals surface area (Å²) in [6.07, 6.45) is -3.88. The van der Waals surface area contributed by atoms with Crippen LogP contribution >= 0.6 is 0 Å². The second-order valence-electron chi connectivity index (χ2n) is 3.85. The monoisotopic (exact) mass is 321 g/mol. The summed E-state index contributed by atoms with van der Waals surface area (Å²) in [4.78, 5) is 2.65. The number of halogens is 4. The van der Waals surface area contributed by atoms with Crippen LogP contribution in [0.25, 0.3) is 0 Å². The zero-order valence-corrected chi connectivity index (χ0v) is 11.0. The second kappa shape index (κ2) is 5.32. The Morgan fingerprint density at radius 3 is 2.43 bits per heavy atom. The first-order chi connectivity index (χ1) is 9.70. The van der Waals surface area contributed by atoms with Gasteiger partial charge in [0.25, 0.3) is 0 Å². The lowest BCUT2D eigenvalue weighted by Crippen LogP contribution is -2.15. The van der Waals surface area contributed by atoms with Gasteiger partial charge in [0.05, 0.1) is 0 Å². The zero-order valence-electron chi connectivity index (χ0n) is 10.1. The van der Waals surface area contributed by atoms with Crippen LogP contribution in [0.5, 0.6) is 5.88 Å². The van der Waals surface area contributed by atoms with Gasteiger partial charge in [0, 0.05) is 6.20 Å². The number of hydrogen-bond acceptors (Lipinski definition) is 4. The molecule has 0 radical (unpaired) electrons. The molecule has 0 amide bonds. The van der Waals surface area contributed by atoms with E-state index in [4.69, 9.17) is 0 Å². The van der Waals surface area contributed by atoms with E-state index in [-0.39, 0.29) is 0 Å². The van der Waals surface area contributed by atoms with E-state index in [9.17, 15) is 26.0 Å². The van der Waals surface area contributed by atoms with E-state index in [1.54, 1.807) is 0 Å². The predicted octanol–water partition coefficient (Wildman–Crippen LogP) is 3.01. The van der Waals surface area contributed by atoms with Crippen molar-refractivity contribution in [1.29, 1.82) is 0 Å². The zero-order chi connectivity index (χ0) is 15.7. The van der Waals surface area contributed by atoms with Crippen molar-refractivity contribution in [3.63, 3.8) is 0 Å². The van der Waals surface area contributed by atoms with Crippen molar-refractivity contribution in [3.05, 3.63) is 54.0 Å². The first-order valence-corrected chi connectivity index (χ1v) is 6.83. The van der Waals surface area contributed by atoms with Gasteiger partial charge in [0.1, 0.15) is 16.3 Å². The van der Waals surface area contributed by atoms with Crippen LogP contribution in [0, 0.1) is 5.82 Å². The van der Waals surface area contributed by atoms with Crippen molar-refractivity contribution in [1.82, 2.24) is 4.98 Å². The molecule has 2 aromatic rings. The highest BCUT2D eigenvalue weighted by molar-refractivity contribution is 7.87. The van der Waals surface area contributed by atoms with E-state index in [0.29, 0.717) is 12.1 Å². The highest BCUT2D eigenvalue weighted by Gasteiger charge is 2.36. The lowest BCUT2D eigenvalue weighted by atomic mass is 10.3. The predicted molar refractivity (Wildman–Crippen MR) is 63.5 cm³/mol. The van der Waals surface area contributed by atoms with Crippen LogP contribution in [-0.4, -0.2) is 13.4 Å². The first kappa shape index (κ1) is 15.2. The van der Waals surface area contributed by atoms with Gasteiger partial charge in [-0.05, 0) is 30.3 Å². The third-order valence-corrected chi connectivity index (χ3v) is 3.56. The van der Waals surface area contributed by atoms with Gasteiger partial charge in [-0.1, -0.05) is 6.07 Å². The molecular weight excluding hydrogens is 314 g/mol. The molecule has 9 heteroatoms. The molecule has 0 aliphatic heterocycles. The lowest BCUT2D eigenvalue weighted by molar-refractivity contribution is -0.138. The highest BCUT2D eigenvalue weighted by atomic mass is 32.2. The van der Waals surface area contributed by atoms with Crippen molar-refractivity contribution in [3.8, 4) is 5.88 Å². The molecule has 0 bridgehead atoms. The number of aromatic nitrogens is 1. The van der Waals surface area contributed by atoms with Gasteiger partial charge in [-0.25, -0.2) is 9.37 Å². The number of hydrogen-bond donors (Lipinski definition) is 0. The first-order valence-electron chi connectivity index (χ1n) is 5.42. The van der Waals surface area contributed by atoms with Gasteiger partial charge in [0.2, 0.25) is 5.88 Å². The molecule has 0 saturated heterocycles. The minimum atomic E-state index is -4.83. The molecule has 0 N–H and O–H groups in total. The average Bonchev–Trinajstić information content (AvgIpc) is 2.37. The maximum atomic E-state index is 13.0. The summed E-state index contributed by atoms with van der Waals surface area (Å²) in [6, 6.07) is 5.32. The van der Waals surface area contributed by atoms with Gasteiger partial charge in [-0.2, -0.15) is 21.6 Å². The van der Waals surface area contributed by atoms with Crippen LogP contribution in [0.4, 0.5) is 17.6 Å². The number of benzene rings is 1. The maximum Gasteiger partial charge on any atom is 0.421 e. The molecule has 2 rings (SSSR count). The van der Waals surface area contributed by atoms with Crippen LogP contribution in [0.15, 0.2) is 47.5 Å². The fourth-order valence-corrected chi connectivity index (χ4v) is 2.39. The third kappa shape index (κ3) is 3.48. The summed E-state index contributed by atoms with van der Waals surface area (Å²) in [5.74, 6) is -1.98. The van der Waals surface area contributed by atoms with Crippen LogP contribution in [0.1, 0.15) is 5.56 Å². The van der Waals surface area contributed by atoms with E-state index in [1.807, 2.05) is 0 Å². The van der Waals surface area contributed by atoms with Crippen LogP contribution < -0.4 is 4.18 Å². The number of nitrogens with zero attached hydrogens (tertiary/aromatic N) is 1. The van der Waals surface area contributed by atoms with Crippen LogP contribution in [0.3, 0.4) is 0 Å². The molecule has 4 nitrogen and oxygen atoms in total. The Kier molecular flexibility index (Phi) is 3.86. The topological polar surface area (TPSA) is 56.3 Å². The molecule has 0 fully saturated rings. The molecule has 0 spiro atoms. The van der Waals surface area contributed by atoms with Gasteiger partial charge in [-0.3, -0.25) is 0 Å². The Bertz CT molecular complexity index is 759. The van der Waals surface area contributed by atoms with E-state index in [1.165, 1.54) is 0 Å². The molecular formula is C12H7F4NO3S. The molecule has 0 aliphatic carbocycles. The highest BCUT2D eigenvalue weighted by Crippen LogP contribution is 2.35. The lowest BCUT2D eigenvalue weighted by Gasteiger charge is -2.12. The average molecular weight is 321 g/mol. The Balaban J connectivity index is 2.43. The fraction of sp³-hybridized carbons (Fsp3) is 0.0833. The Morgan fingerprint density at radius 1 is 1.10 bits per heavy atom. The normalized spacial score (nSPS) is 12.2. The number of alkyl halides is 3. The fourth-order valence-electron chi connectivity index (χ4n) is 1.45. The molecule has 0 unspecified atom stereocenters. The second-order valence-corrected chi connectivity index (χ2v) is 5.40.